The van der Waals surface area contributed by atoms with Gasteiger partial charge in [-0.1, -0.05) is 24.7 Å². The van der Waals surface area contributed by atoms with E-state index in [1.807, 2.05) is 0 Å². The van der Waals surface area contributed by atoms with Crippen LogP contribution in [0.25, 0.3) is 6.08 Å². The van der Waals surface area contributed by atoms with E-state index in [0.29, 0.717) is 0 Å². The van der Waals surface area contributed by atoms with Crippen molar-refractivity contribution >= 4 is 18.7 Å². The van der Waals surface area contributed by atoms with Gasteiger partial charge in [-0.15, -0.1) is 0 Å². The molecule has 0 aliphatic carbocycles. The fourth-order valence-corrected chi connectivity index (χ4v) is 0.952. The van der Waals surface area contributed by atoms with Gasteiger partial charge in [0.2, 0.25) is 0 Å². The van der Waals surface area contributed by atoms with E-state index < -0.39 is 19.5 Å². The predicted octanol–water partition coefficient (Wildman–Crippen LogP) is 0.148. The summed E-state index contributed by atoms with van der Waals surface area (Å²) in [5, 5.41) is 17.7. The van der Waals surface area contributed by atoms with Crippen LogP contribution in [0.15, 0.2) is 24.7 Å². The van der Waals surface area contributed by atoms with Crippen LogP contribution in [-0.4, -0.2) is 17.2 Å². The molecular weight excluding hydrogens is 158 g/mol. The maximum atomic E-state index is 13.1. The number of rotatable bonds is 2. The van der Waals surface area contributed by atoms with Gasteiger partial charge in [0.05, 0.1) is 2.74 Å². The Kier molecular flexibility index (Phi) is 1.87. The summed E-state index contributed by atoms with van der Waals surface area (Å²) in [6, 6.07) is 3.86. The van der Waals surface area contributed by atoms with E-state index in [1.165, 1.54) is 12.1 Å². The summed E-state index contributed by atoms with van der Waals surface area (Å²) < 4.78 is 26.8. The maximum Gasteiger partial charge on any atom is 0.492 e. The Morgan fingerprint density at radius 2 is 2.33 bits per heavy atom. The molecule has 4 heteroatoms. The number of benzene rings is 1. The van der Waals surface area contributed by atoms with Crippen molar-refractivity contribution in [2.45, 2.75) is 0 Å². The molecule has 0 fully saturated rings. The molecule has 0 aliphatic rings. The molecule has 0 spiro atoms. The summed E-state index contributed by atoms with van der Waals surface area (Å²) in [6.07, 6.45) is 1.04. The molecule has 0 aliphatic heterocycles. The van der Waals surface area contributed by atoms with Crippen LogP contribution in [0.2, 0.25) is 0 Å². The predicted molar refractivity (Wildman–Crippen MR) is 46.3 cm³/mol. The van der Waals surface area contributed by atoms with Gasteiger partial charge in [-0.2, -0.15) is 0 Å². The van der Waals surface area contributed by atoms with Crippen LogP contribution >= 0.6 is 0 Å². The van der Waals surface area contributed by atoms with Crippen LogP contribution in [0.5, 0.6) is 0 Å². The van der Waals surface area contributed by atoms with Crippen molar-refractivity contribution in [1.29, 1.82) is 0 Å². The fraction of sp³-hybridized carbons (Fsp3) is 0. The normalized spacial score (nSPS) is 11.6. The minimum Gasteiger partial charge on any atom is -0.423 e. The lowest BCUT2D eigenvalue weighted by Crippen LogP contribution is -2.34. The van der Waals surface area contributed by atoms with Crippen molar-refractivity contribution in [1.82, 2.24) is 0 Å². The van der Waals surface area contributed by atoms with Crippen molar-refractivity contribution in [3.63, 3.8) is 0 Å². The van der Waals surface area contributed by atoms with Crippen molar-refractivity contribution in [2.24, 2.45) is 0 Å². The van der Waals surface area contributed by atoms with Crippen LogP contribution < -0.4 is 5.46 Å². The molecular formula is C8H8BFO2. The molecule has 0 atom stereocenters. The van der Waals surface area contributed by atoms with E-state index in [-0.39, 0.29) is 11.0 Å². The molecule has 0 saturated heterocycles. The lowest BCUT2D eigenvalue weighted by Gasteiger charge is -2.04. The monoisotopic (exact) mass is 168 g/mol. The minimum atomic E-state index is -1.94. The van der Waals surface area contributed by atoms with Crippen molar-refractivity contribution in [3.8, 4) is 0 Å². The first-order valence-electron chi connectivity index (χ1n) is 4.32. The van der Waals surface area contributed by atoms with Gasteiger partial charge in [0.1, 0.15) is 5.82 Å². The molecule has 0 heterocycles. The largest absolute Gasteiger partial charge is 0.492 e. The van der Waals surface area contributed by atoms with Crippen LogP contribution in [0.4, 0.5) is 4.39 Å². The van der Waals surface area contributed by atoms with E-state index in [9.17, 15) is 4.39 Å². The molecule has 0 radical (unpaired) electrons. The molecule has 2 nitrogen and oxygen atoms in total. The zero-order valence-electron chi connectivity index (χ0n) is 8.16. The van der Waals surface area contributed by atoms with Crippen LogP contribution in [0.1, 0.15) is 8.30 Å². The van der Waals surface area contributed by atoms with E-state index in [1.54, 1.807) is 0 Å². The van der Waals surface area contributed by atoms with Gasteiger partial charge in [0, 0.05) is 5.46 Å². The van der Waals surface area contributed by atoms with Gasteiger partial charge >= 0.3 is 7.12 Å². The number of hydrogen-bond acceptors (Lipinski definition) is 2. The second-order valence-electron chi connectivity index (χ2n) is 2.26. The standard InChI is InChI=1S/C8H8BFO2/c1-2-6-4-3-5-7(10)8(6)9(11)12/h2-5,11-12H,1H2/i1D2. The fourth-order valence-electron chi connectivity index (χ4n) is 0.952. The van der Waals surface area contributed by atoms with Crippen LogP contribution in [0, 0.1) is 5.82 Å². The van der Waals surface area contributed by atoms with Gasteiger partial charge in [-0.25, -0.2) is 4.39 Å². The zero-order valence-corrected chi connectivity index (χ0v) is 6.16. The first-order chi connectivity index (χ1) is 6.52. The quantitative estimate of drug-likeness (QED) is 0.617. The summed E-state index contributed by atoms with van der Waals surface area (Å²) in [5.74, 6) is -0.769. The molecule has 0 bridgehead atoms. The summed E-state index contributed by atoms with van der Waals surface area (Å²) in [5.41, 5.74) is -0.190. The molecule has 0 unspecified atom stereocenters. The number of halogens is 1. The molecule has 1 aromatic rings. The van der Waals surface area contributed by atoms with Gasteiger partial charge in [0.25, 0.3) is 0 Å². The Labute approximate surface area is 72.9 Å². The zero-order chi connectivity index (χ0) is 10.7. The van der Waals surface area contributed by atoms with Gasteiger partial charge in [0.15, 0.2) is 0 Å². The molecule has 0 aromatic heterocycles. The molecule has 1 rings (SSSR count). The van der Waals surface area contributed by atoms with Crippen molar-refractivity contribution in [2.75, 3.05) is 0 Å². The highest BCUT2D eigenvalue weighted by Crippen LogP contribution is 2.02. The topological polar surface area (TPSA) is 40.5 Å². The van der Waals surface area contributed by atoms with Crippen LogP contribution in [-0.2, 0) is 0 Å². The summed E-state index contributed by atoms with van der Waals surface area (Å²) in [4.78, 5) is 0. The molecule has 2 N–H and O–H groups in total. The third-order valence-corrected chi connectivity index (χ3v) is 1.50. The Morgan fingerprint density at radius 1 is 1.58 bits per heavy atom. The van der Waals surface area contributed by atoms with Crippen molar-refractivity contribution < 1.29 is 17.2 Å². The highest BCUT2D eigenvalue weighted by atomic mass is 19.1. The average Bonchev–Trinajstić information content (AvgIpc) is 2.01. The summed E-state index contributed by atoms with van der Waals surface area (Å²) in [6.45, 7) is -0.530. The Bertz CT molecular complexity index is 364. The molecule has 1 aromatic carbocycles. The summed E-state index contributed by atoms with van der Waals surface area (Å²) >= 11 is 0. The van der Waals surface area contributed by atoms with Gasteiger partial charge < -0.3 is 10.0 Å². The smallest absolute Gasteiger partial charge is 0.423 e. The maximum absolute atomic E-state index is 13.1. The minimum absolute atomic E-state index is 0.125. The first-order valence-corrected chi connectivity index (χ1v) is 3.32. The third kappa shape index (κ3) is 1.54. The Morgan fingerprint density at radius 3 is 2.92 bits per heavy atom. The average molecular weight is 168 g/mol. The van der Waals surface area contributed by atoms with Gasteiger partial charge in [-0.3, -0.25) is 0 Å². The molecule has 62 valence electrons. The molecule has 0 amide bonds. The Balaban J connectivity index is 3.28. The lowest BCUT2D eigenvalue weighted by molar-refractivity contribution is 0.423. The summed E-state index contributed by atoms with van der Waals surface area (Å²) in [7, 11) is -1.94. The highest BCUT2D eigenvalue weighted by Gasteiger charge is 2.18. The Hall–Kier alpha value is -1.13. The van der Waals surface area contributed by atoms with E-state index >= 15 is 0 Å². The molecule has 0 saturated carbocycles. The van der Waals surface area contributed by atoms with Gasteiger partial charge in [-0.05, 0) is 11.6 Å². The number of hydrogen-bond donors (Lipinski definition) is 2. The SMILES string of the molecule is [2H]C([2H])=Cc1cccc(F)c1B(O)O. The van der Waals surface area contributed by atoms with Crippen molar-refractivity contribution in [3.05, 3.63) is 36.1 Å². The first kappa shape index (κ1) is 6.40. The van der Waals surface area contributed by atoms with E-state index in [2.05, 4.69) is 0 Å². The van der Waals surface area contributed by atoms with E-state index in [0.717, 1.165) is 12.1 Å². The third-order valence-electron chi connectivity index (χ3n) is 1.50. The second kappa shape index (κ2) is 3.52. The van der Waals surface area contributed by atoms with E-state index in [4.69, 9.17) is 12.8 Å². The molecule has 12 heavy (non-hydrogen) atoms. The lowest BCUT2D eigenvalue weighted by atomic mass is 9.76. The van der Waals surface area contributed by atoms with Crippen LogP contribution in [0.3, 0.4) is 0 Å². The second-order valence-corrected chi connectivity index (χ2v) is 2.26. The highest BCUT2D eigenvalue weighted by molar-refractivity contribution is 6.59.